The maximum atomic E-state index is 6.28. The monoisotopic (exact) mass is 289 g/mol. The second-order valence-electron chi connectivity index (χ2n) is 4.43. The third-order valence-corrected chi connectivity index (χ3v) is 4.44. The average Bonchev–Trinajstić information content (AvgIpc) is 2.53. The Hall–Kier alpha value is -1.59. The van der Waals surface area contributed by atoms with Crippen molar-refractivity contribution in [1.82, 2.24) is 9.97 Å². The van der Waals surface area contributed by atoms with Crippen LogP contribution in [0.4, 0.5) is 0 Å². The molecule has 0 aliphatic heterocycles. The topological polar surface area (TPSA) is 61.0 Å². The largest absolute Gasteiger partial charge is 0.497 e. The zero-order chi connectivity index (χ0) is 14.4. The Morgan fingerprint density at radius 3 is 2.85 bits per heavy atom. The Morgan fingerprint density at radius 2 is 2.20 bits per heavy atom. The first-order chi connectivity index (χ1) is 9.74. The van der Waals surface area contributed by atoms with Crippen LogP contribution in [-0.2, 0) is 0 Å². The summed E-state index contributed by atoms with van der Waals surface area (Å²) >= 11 is 1.66. The molecule has 2 atom stereocenters. The van der Waals surface area contributed by atoms with E-state index in [1.165, 1.54) is 0 Å². The fraction of sp³-hybridized carbons (Fsp3) is 0.333. The van der Waals surface area contributed by atoms with Crippen LogP contribution < -0.4 is 10.5 Å². The summed E-state index contributed by atoms with van der Waals surface area (Å²) in [7, 11) is 1.67. The van der Waals surface area contributed by atoms with Gasteiger partial charge in [-0.1, -0.05) is 30.8 Å². The molecule has 0 aliphatic rings. The summed E-state index contributed by atoms with van der Waals surface area (Å²) in [6.07, 6.45) is 4.21. The van der Waals surface area contributed by atoms with Gasteiger partial charge in [-0.25, -0.2) is 9.97 Å². The van der Waals surface area contributed by atoms with E-state index in [1.54, 1.807) is 31.4 Å². The summed E-state index contributed by atoms with van der Waals surface area (Å²) < 4.78 is 5.29. The van der Waals surface area contributed by atoms with Gasteiger partial charge < -0.3 is 10.5 Å². The molecule has 2 unspecified atom stereocenters. The minimum absolute atomic E-state index is 0.0575. The zero-order valence-electron chi connectivity index (χ0n) is 11.7. The van der Waals surface area contributed by atoms with E-state index in [1.807, 2.05) is 24.3 Å². The molecule has 0 spiro atoms. The lowest BCUT2D eigenvalue weighted by atomic mass is 10.0. The molecule has 20 heavy (non-hydrogen) atoms. The Morgan fingerprint density at radius 1 is 1.35 bits per heavy atom. The van der Waals surface area contributed by atoms with Crippen LogP contribution in [0.5, 0.6) is 5.75 Å². The van der Waals surface area contributed by atoms with Crippen molar-refractivity contribution >= 4 is 11.8 Å². The quantitative estimate of drug-likeness (QED) is 0.654. The fourth-order valence-electron chi connectivity index (χ4n) is 1.91. The van der Waals surface area contributed by atoms with Gasteiger partial charge in [-0.3, -0.25) is 0 Å². The number of benzene rings is 1. The number of thioether (sulfide) groups is 1. The van der Waals surface area contributed by atoms with Gasteiger partial charge >= 0.3 is 0 Å². The third kappa shape index (κ3) is 3.71. The van der Waals surface area contributed by atoms with Gasteiger partial charge in [-0.15, -0.1) is 0 Å². The molecule has 2 aromatic rings. The molecule has 0 saturated heterocycles. The van der Waals surface area contributed by atoms with Gasteiger partial charge in [0.2, 0.25) is 0 Å². The summed E-state index contributed by atoms with van der Waals surface area (Å²) in [5, 5.41) is 1.07. The number of methoxy groups -OCH3 is 1. The molecule has 106 valence electrons. The summed E-state index contributed by atoms with van der Waals surface area (Å²) in [5.41, 5.74) is 7.44. The van der Waals surface area contributed by atoms with Crippen molar-refractivity contribution in [2.45, 2.75) is 29.7 Å². The standard InChI is InChI=1S/C15H19N3OS/c1-3-13(16)15(20-14-7-8-17-10-18-14)11-5-4-6-12(9-11)19-2/h4-10,13,15H,3,16H2,1-2H3. The molecule has 5 heteroatoms. The van der Waals surface area contributed by atoms with Crippen LogP contribution in [0.15, 0.2) is 47.9 Å². The number of rotatable bonds is 6. The fourth-order valence-corrected chi connectivity index (χ4v) is 3.07. The SMILES string of the molecule is CCC(N)C(Sc1ccncn1)c1cccc(OC)c1. The molecule has 0 saturated carbocycles. The van der Waals surface area contributed by atoms with Gasteiger partial charge in [0.15, 0.2) is 0 Å². The van der Waals surface area contributed by atoms with Gasteiger partial charge in [0, 0.05) is 12.2 Å². The highest BCUT2D eigenvalue weighted by atomic mass is 32.2. The Kier molecular flexibility index (Phi) is 5.38. The lowest BCUT2D eigenvalue weighted by Crippen LogP contribution is -2.25. The molecule has 0 radical (unpaired) electrons. The molecule has 1 heterocycles. The van der Waals surface area contributed by atoms with E-state index < -0.39 is 0 Å². The predicted molar refractivity (Wildman–Crippen MR) is 81.9 cm³/mol. The second kappa shape index (κ2) is 7.26. The smallest absolute Gasteiger partial charge is 0.119 e. The molecule has 2 N–H and O–H groups in total. The number of hydrogen-bond donors (Lipinski definition) is 1. The highest BCUT2D eigenvalue weighted by Gasteiger charge is 2.21. The number of nitrogens with zero attached hydrogens (tertiary/aromatic N) is 2. The zero-order valence-corrected chi connectivity index (χ0v) is 12.5. The van der Waals surface area contributed by atoms with Gasteiger partial charge in [-0.05, 0) is 30.2 Å². The Balaban J connectivity index is 2.27. The molecule has 0 bridgehead atoms. The van der Waals surface area contributed by atoms with Crippen molar-refractivity contribution in [3.8, 4) is 5.75 Å². The summed E-state index contributed by atoms with van der Waals surface area (Å²) in [6, 6.07) is 10.0. The van der Waals surface area contributed by atoms with Crippen molar-refractivity contribution in [2.24, 2.45) is 5.73 Å². The first-order valence-corrected chi connectivity index (χ1v) is 7.44. The van der Waals surface area contributed by atoms with E-state index in [4.69, 9.17) is 10.5 Å². The van der Waals surface area contributed by atoms with Crippen molar-refractivity contribution in [3.63, 3.8) is 0 Å². The maximum absolute atomic E-state index is 6.28. The molecule has 0 aliphatic carbocycles. The van der Waals surface area contributed by atoms with Crippen molar-refractivity contribution < 1.29 is 4.74 Å². The van der Waals surface area contributed by atoms with E-state index in [2.05, 4.69) is 23.0 Å². The minimum atomic E-state index is 0.0575. The van der Waals surface area contributed by atoms with E-state index >= 15 is 0 Å². The molecular formula is C15H19N3OS. The molecule has 0 amide bonds. The number of aromatic nitrogens is 2. The van der Waals surface area contributed by atoms with Crippen molar-refractivity contribution in [1.29, 1.82) is 0 Å². The lowest BCUT2D eigenvalue weighted by Gasteiger charge is -2.22. The molecule has 2 rings (SSSR count). The normalized spacial score (nSPS) is 13.8. The molecule has 4 nitrogen and oxygen atoms in total. The van der Waals surface area contributed by atoms with Gasteiger partial charge in [0.05, 0.1) is 17.4 Å². The number of ether oxygens (including phenoxy) is 1. The maximum Gasteiger partial charge on any atom is 0.119 e. The van der Waals surface area contributed by atoms with Crippen LogP contribution in [0.2, 0.25) is 0 Å². The average molecular weight is 289 g/mol. The highest BCUT2D eigenvalue weighted by molar-refractivity contribution is 7.99. The summed E-state index contributed by atoms with van der Waals surface area (Å²) in [5.74, 6) is 0.846. The Bertz CT molecular complexity index is 536. The van der Waals surface area contributed by atoms with Crippen LogP contribution in [0.25, 0.3) is 0 Å². The first kappa shape index (κ1) is 14.8. The highest BCUT2D eigenvalue weighted by Crippen LogP contribution is 2.37. The number of nitrogens with two attached hydrogens (primary N) is 1. The van der Waals surface area contributed by atoms with Crippen LogP contribution in [0.3, 0.4) is 0 Å². The van der Waals surface area contributed by atoms with Crippen LogP contribution in [0.1, 0.15) is 24.2 Å². The summed E-state index contributed by atoms with van der Waals surface area (Å²) in [6.45, 7) is 2.10. The lowest BCUT2D eigenvalue weighted by molar-refractivity contribution is 0.414. The van der Waals surface area contributed by atoms with E-state index in [9.17, 15) is 0 Å². The Labute approximate surface area is 123 Å². The molecular weight excluding hydrogens is 270 g/mol. The van der Waals surface area contributed by atoms with Crippen LogP contribution in [0, 0.1) is 0 Å². The predicted octanol–water partition coefficient (Wildman–Crippen LogP) is 3.06. The van der Waals surface area contributed by atoms with Crippen LogP contribution >= 0.6 is 11.8 Å². The van der Waals surface area contributed by atoms with E-state index in [-0.39, 0.29) is 11.3 Å². The second-order valence-corrected chi connectivity index (χ2v) is 5.60. The molecule has 0 fully saturated rings. The number of hydrogen-bond acceptors (Lipinski definition) is 5. The third-order valence-electron chi connectivity index (χ3n) is 3.09. The van der Waals surface area contributed by atoms with Crippen LogP contribution in [-0.4, -0.2) is 23.1 Å². The van der Waals surface area contributed by atoms with Crippen molar-refractivity contribution in [3.05, 3.63) is 48.4 Å². The van der Waals surface area contributed by atoms with Crippen molar-refractivity contribution in [2.75, 3.05) is 7.11 Å². The minimum Gasteiger partial charge on any atom is -0.497 e. The van der Waals surface area contributed by atoms with E-state index in [0.29, 0.717) is 0 Å². The molecule has 1 aromatic carbocycles. The van der Waals surface area contributed by atoms with E-state index in [0.717, 1.165) is 22.8 Å². The van der Waals surface area contributed by atoms with Gasteiger partial charge in [0.25, 0.3) is 0 Å². The molecule has 1 aromatic heterocycles. The van der Waals surface area contributed by atoms with Gasteiger partial charge in [0.1, 0.15) is 12.1 Å². The summed E-state index contributed by atoms with van der Waals surface area (Å²) in [4.78, 5) is 8.21. The van der Waals surface area contributed by atoms with Gasteiger partial charge in [-0.2, -0.15) is 0 Å². The first-order valence-electron chi connectivity index (χ1n) is 6.56.